The van der Waals surface area contributed by atoms with Gasteiger partial charge in [-0.25, -0.2) is 10.2 Å². The monoisotopic (exact) mass is 229 g/mol. The molecule has 0 heterocycles. The van der Waals surface area contributed by atoms with Gasteiger partial charge in [0.05, 0.1) is 6.61 Å². The Morgan fingerprint density at radius 1 is 1.44 bits per heavy atom. The van der Waals surface area contributed by atoms with Crippen molar-refractivity contribution in [3.05, 3.63) is 12.7 Å². The molecule has 0 aromatic rings. The third kappa shape index (κ3) is 6.83. The first-order chi connectivity index (χ1) is 7.61. The molecule has 16 heavy (non-hydrogen) atoms. The number of hydrogen-bond acceptors (Lipinski definition) is 3. The number of hydrazine groups is 1. The van der Waals surface area contributed by atoms with Crippen molar-refractivity contribution in [3.63, 3.8) is 0 Å². The zero-order valence-electron chi connectivity index (χ0n) is 9.71. The van der Waals surface area contributed by atoms with Crippen LogP contribution in [0.3, 0.4) is 0 Å². The first-order valence-electron chi connectivity index (χ1n) is 5.18. The van der Waals surface area contributed by atoms with Crippen molar-refractivity contribution < 1.29 is 14.3 Å². The predicted molar refractivity (Wildman–Crippen MR) is 60.6 cm³/mol. The molecule has 3 amide bonds. The molecule has 0 aromatic carbocycles. The molecule has 6 heteroatoms. The number of hydrogen-bond donors (Lipinski definition) is 3. The van der Waals surface area contributed by atoms with E-state index in [1.165, 1.54) is 0 Å². The summed E-state index contributed by atoms with van der Waals surface area (Å²) in [5, 5.41) is 2.47. The van der Waals surface area contributed by atoms with Crippen LogP contribution in [0.5, 0.6) is 0 Å². The zero-order valence-corrected chi connectivity index (χ0v) is 9.71. The van der Waals surface area contributed by atoms with E-state index in [-0.39, 0.29) is 0 Å². The van der Waals surface area contributed by atoms with E-state index in [2.05, 4.69) is 22.7 Å². The molecule has 0 aliphatic rings. The van der Waals surface area contributed by atoms with Crippen LogP contribution in [-0.4, -0.2) is 31.2 Å². The van der Waals surface area contributed by atoms with Crippen LogP contribution >= 0.6 is 0 Å². The highest BCUT2D eigenvalue weighted by Crippen LogP contribution is 1.92. The first-order valence-corrected chi connectivity index (χ1v) is 5.18. The number of carbonyl (C=O) groups excluding carboxylic acids is 2. The fourth-order valence-corrected chi connectivity index (χ4v) is 0.829. The molecule has 0 aliphatic heterocycles. The van der Waals surface area contributed by atoms with E-state index in [1.807, 2.05) is 0 Å². The summed E-state index contributed by atoms with van der Waals surface area (Å²) < 4.78 is 5.18. The van der Waals surface area contributed by atoms with Crippen LogP contribution in [0.2, 0.25) is 0 Å². The molecule has 1 unspecified atom stereocenters. The quantitative estimate of drug-likeness (QED) is 0.348. The normalized spacial score (nSPS) is 11.4. The Labute approximate surface area is 95.4 Å². The highest BCUT2D eigenvalue weighted by molar-refractivity contribution is 5.83. The Morgan fingerprint density at radius 3 is 2.69 bits per heavy atom. The molecule has 0 aromatic heterocycles. The Hall–Kier alpha value is -1.56. The molecule has 3 N–H and O–H groups in total. The molecule has 0 saturated heterocycles. The molecule has 0 rings (SSSR count). The van der Waals surface area contributed by atoms with Crippen molar-refractivity contribution in [3.8, 4) is 0 Å². The molecular formula is C10H19N3O3. The van der Waals surface area contributed by atoms with E-state index in [9.17, 15) is 9.59 Å². The predicted octanol–water partition coefficient (Wildman–Crippen LogP) is 0.318. The maximum absolute atomic E-state index is 11.3. The van der Waals surface area contributed by atoms with Gasteiger partial charge in [0.15, 0.2) is 0 Å². The largest absolute Gasteiger partial charge is 0.368 e. The summed E-state index contributed by atoms with van der Waals surface area (Å²) in [6, 6.07) is -0.450. The summed E-state index contributed by atoms with van der Waals surface area (Å²) in [6.07, 6.45) is 1.78. The van der Waals surface area contributed by atoms with Crippen LogP contribution in [0.4, 0.5) is 4.79 Å². The Balaban J connectivity index is 3.70. The van der Waals surface area contributed by atoms with Gasteiger partial charge in [0.25, 0.3) is 5.91 Å². The molecule has 0 bridgehead atoms. The van der Waals surface area contributed by atoms with E-state index >= 15 is 0 Å². The standard InChI is InChI=1S/C10H19N3O3/c1-4-6-7-16-8(3)9(14)12-13-10(15)11-5-2/h4,8H,1,5-7H2,2-3H3,(H,12,14)(H2,11,13,15). The molecular weight excluding hydrogens is 210 g/mol. The van der Waals surface area contributed by atoms with Gasteiger partial charge in [0, 0.05) is 6.54 Å². The van der Waals surface area contributed by atoms with Gasteiger partial charge < -0.3 is 10.1 Å². The van der Waals surface area contributed by atoms with E-state index in [1.54, 1.807) is 19.9 Å². The van der Waals surface area contributed by atoms with E-state index in [0.717, 1.165) is 0 Å². The van der Waals surface area contributed by atoms with Crippen molar-refractivity contribution in [2.45, 2.75) is 26.4 Å². The average molecular weight is 229 g/mol. The lowest BCUT2D eigenvalue weighted by Crippen LogP contribution is -2.50. The van der Waals surface area contributed by atoms with Crippen molar-refractivity contribution in [2.75, 3.05) is 13.2 Å². The lowest BCUT2D eigenvalue weighted by molar-refractivity contribution is -0.132. The second-order valence-electron chi connectivity index (χ2n) is 3.06. The van der Waals surface area contributed by atoms with Gasteiger partial charge in [-0.3, -0.25) is 10.2 Å². The summed E-state index contributed by atoms with van der Waals surface area (Å²) in [6.45, 7) is 7.85. The highest BCUT2D eigenvalue weighted by atomic mass is 16.5. The highest BCUT2D eigenvalue weighted by Gasteiger charge is 2.12. The SMILES string of the molecule is C=CCCOC(C)C(=O)NNC(=O)NCC. The summed E-state index contributed by atoms with van der Waals surface area (Å²) in [7, 11) is 0. The molecule has 6 nitrogen and oxygen atoms in total. The van der Waals surface area contributed by atoms with Gasteiger partial charge in [-0.2, -0.15) is 0 Å². The van der Waals surface area contributed by atoms with Crippen LogP contribution in [0.1, 0.15) is 20.3 Å². The first kappa shape index (κ1) is 14.4. The number of ether oxygens (including phenoxy) is 1. The minimum Gasteiger partial charge on any atom is -0.368 e. The minimum absolute atomic E-state index is 0.393. The van der Waals surface area contributed by atoms with Gasteiger partial charge >= 0.3 is 6.03 Å². The third-order valence-electron chi connectivity index (χ3n) is 1.70. The van der Waals surface area contributed by atoms with Crippen molar-refractivity contribution >= 4 is 11.9 Å². The van der Waals surface area contributed by atoms with Crippen LogP contribution < -0.4 is 16.2 Å². The van der Waals surface area contributed by atoms with Gasteiger partial charge in [-0.15, -0.1) is 6.58 Å². The van der Waals surface area contributed by atoms with Crippen molar-refractivity contribution in [2.24, 2.45) is 0 Å². The molecule has 0 saturated carbocycles. The van der Waals surface area contributed by atoms with Crippen LogP contribution in [-0.2, 0) is 9.53 Å². The fraction of sp³-hybridized carbons (Fsp3) is 0.600. The Kier molecular flexibility index (Phi) is 7.87. The zero-order chi connectivity index (χ0) is 12.4. The van der Waals surface area contributed by atoms with Gasteiger partial charge in [0.1, 0.15) is 6.10 Å². The number of rotatable bonds is 6. The lowest BCUT2D eigenvalue weighted by atomic mass is 10.4. The van der Waals surface area contributed by atoms with E-state index in [0.29, 0.717) is 19.6 Å². The fourth-order valence-electron chi connectivity index (χ4n) is 0.829. The Morgan fingerprint density at radius 2 is 2.12 bits per heavy atom. The minimum atomic E-state index is -0.609. The second-order valence-corrected chi connectivity index (χ2v) is 3.06. The molecule has 92 valence electrons. The topological polar surface area (TPSA) is 79.5 Å². The number of urea groups is 1. The summed E-state index contributed by atoms with van der Waals surface area (Å²) in [5.41, 5.74) is 4.45. The van der Waals surface area contributed by atoms with Gasteiger partial charge in [0.2, 0.25) is 0 Å². The lowest BCUT2D eigenvalue weighted by Gasteiger charge is -2.13. The van der Waals surface area contributed by atoms with Gasteiger partial charge in [-0.1, -0.05) is 6.08 Å². The molecule has 0 spiro atoms. The van der Waals surface area contributed by atoms with E-state index < -0.39 is 18.0 Å². The molecule has 0 fully saturated rings. The molecule has 0 aliphatic carbocycles. The maximum atomic E-state index is 11.3. The number of carbonyl (C=O) groups is 2. The van der Waals surface area contributed by atoms with Crippen LogP contribution in [0.15, 0.2) is 12.7 Å². The second kappa shape index (κ2) is 8.72. The Bertz CT molecular complexity index is 243. The third-order valence-corrected chi connectivity index (χ3v) is 1.70. The molecule has 0 radical (unpaired) electrons. The van der Waals surface area contributed by atoms with Crippen molar-refractivity contribution in [1.82, 2.24) is 16.2 Å². The van der Waals surface area contributed by atoms with Crippen LogP contribution in [0, 0.1) is 0 Å². The number of nitrogens with one attached hydrogen (secondary N) is 3. The number of amides is 3. The van der Waals surface area contributed by atoms with Crippen molar-refractivity contribution in [1.29, 1.82) is 0 Å². The maximum Gasteiger partial charge on any atom is 0.333 e. The smallest absolute Gasteiger partial charge is 0.333 e. The van der Waals surface area contributed by atoms with Gasteiger partial charge in [-0.05, 0) is 20.3 Å². The summed E-state index contributed by atoms with van der Waals surface area (Å²) in [4.78, 5) is 22.3. The summed E-state index contributed by atoms with van der Waals surface area (Å²) in [5.74, 6) is -0.393. The van der Waals surface area contributed by atoms with E-state index in [4.69, 9.17) is 4.74 Å². The van der Waals surface area contributed by atoms with Crippen LogP contribution in [0.25, 0.3) is 0 Å². The average Bonchev–Trinajstić information content (AvgIpc) is 2.26. The summed E-state index contributed by atoms with van der Waals surface area (Å²) >= 11 is 0. The molecule has 1 atom stereocenters.